The van der Waals surface area contributed by atoms with Gasteiger partial charge in [0.25, 0.3) is 0 Å². The first kappa shape index (κ1) is 18.6. The summed E-state index contributed by atoms with van der Waals surface area (Å²) in [5.41, 5.74) is 13.4. The van der Waals surface area contributed by atoms with E-state index in [0.29, 0.717) is 5.56 Å². The van der Waals surface area contributed by atoms with Crippen LogP contribution in [-0.2, 0) is 6.54 Å². The van der Waals surface area contributed by atoms with E-state index in [9.17, 15) is 4.79 Å². The Morgan fingerprint density at radius 2 is 1.80 bits per heavy atom. The molecule has 2 heterocycles. The molecule has 0 aliphatic rings. The fourth-order valence-corrected chi connectivity index (χ4v) is 4.92. The maximum Gasteiger partial charge on any atom is 0.249 e. The number of benzene rings is 3. The van der Waals surface area contributed by atoms with Gasteiger partial charge in [0.15, 0.2) is 0 Å². The van der Waals surface area contributed by atoms with E-state index in [-0.39, 0.29) is 0 Å². The molecule has 1 amide bonds. The molecule has 0 saturated heterocycles. The first-order chi connectivity index (χ1) is 14.5. The SMILES string of the molecule is Cc1ccc(Cn2c3cc(-c4cccs4)ccc3c3c(C(N)=O)cccc32)cc1C. The number of thiophene rings is 1. The van der Waals surface area contributed by atoms with Crippen LogP contribution in [0.4, 0.5) is 0 Å². The monoisotopic (exact) mass is 410 g/mol. The van der Waals surface area contributed by atoms with Crippen LogP contribution in [0.15, 0.2) is 72.1 Å². The quantitative estimate of drug-likeness (QED) is 0.372. The number of aryl methyl sites for hydroxylation is 2. The fourth-order valence-electron chi connectivity index (χ4n) is 4.20. The van der Waals surface area contributed by atoms with Gasteiger partial charge in [0.1, 0.15) is 0 Å². The number of carbonyl (C=O) groups excluding carboxylic acids is 1. The summed E-state index contributed by atoms with van der Waals surface area (Å²) in [5, 5.41) is 4.08. The molecule has 0 aliphatic heterocycles. The largest absolute Gasteiger partial charge is 0.366 e. The zero-order valence-corrected chi connectivity index (χ0v) is 17.8. The fraction of sp³-hybridized carbons (Fsp3) is 0.115. The first-order valence-corrected chi connectivity index (χ1v) is 10.9. The second-order valence-corrected chi connectivity index (χ2v) is 8.73. The van der Waals surface area contributed by atoms with Crippen molar-refractivity contribution in [2.24, 2.45) is 5.73 Å². The van der Waals surface area contributed by atoms with E-state index in [1.807, 2.05) is 12.1 Å². The lowest BCUT2D eigenvalue weighted by atomic mass is 10.0. The van der Waals surface area contributed by atoms with Crippen molar-refractivity contribution in [2.45, 2.75) is 20.4 Å². The number of carbonyl (C=O) groups is 1. The van der Waals surface area contributed by atoms with E-state index in [0.717, 1.165) is 28.4 Å². The van der Waals surface area contributed by atoms with Crippen LogP contribution >= 0.6 is 11.3 Å². The highest BCUT2D eigenvalue weighted by Crippen LogP contribution is 2.36. The Balaban J connectivity index is 1.80. The maximum absolute atomic E-state index is 12.2. The van der Waals surface area contributed by atoms with Gasteiger partial charge in [-0.1, -0.05) is 42.5 Å². The molecule has 30 heavy (non-hydrogen) atoms. The van der Waals surface area contributed by atoms with Crippen LogP contribution in [0.5, 0.6) is 0 Å². The molecule has 4 heteroatoms. The van der Waals surface area contributed by atoms with Gasteiger partial charge in [-0.2, -0.15) is 0 Å². The van der Waals surface area contributed by atoms with Crippen LogP contribution in [0.25, 0.3) is 32.2 Å². The van der Waals surface area contributed by atoms with E-state index < -0.39 is 5.91 Å². The Hall–Kier alpha value is -3.37. The van der Waals surface area contributed by atoms with Crippen molar-refractivity contribution < 1.29 is 4.79 Å². The van der Waals surface area contributed by atoms with Crippen molar-refractivity contribution in [3.8, 4) is 10.4 Å². The minimum Gasteiger partial charge on any atom is -0.366 e. The van der Waals surface area contributed by atoms with Gasteiger partial charge in [-0.3, -0.25) is 4.79 Å². The molecule has 2 N–H and O–H groups in total. The number of fused-ring (bicyclic) bond motifs is 3. The van der Waals surface area contributed by atoms with Crippen molar-refractivity contribution in [3.05, 3.63) is 94.4 Å². The van der Waals surface area contributed by atoms with Crippen molar-refractivity contribution >= 4 is 39.0 Å². The van der Waals surface area contributed by atoms with Crippen molar-refractivity contribution in [1.82, 2.24) is 4.57 Å². The number of aromatic nitrogens is 1. The average Bonchev–Trinajstić information content (AvgIpc) is 3.38. The predicted octanol–water partition coefficient (Wildman–Crippen LogP) is 6.29. The minimum atomic E-state index is -0.395. The van der Waals surface area contributed by atoms with Gasteiger partial charge < -0.3 is 10.3 Å². The van der Waals surface area contributed by atoms with Gasteiger partial charge in [-0.15, -0.1) is 11.3 Å². The smallest absolute Gasteiger partial charge is 0.249 e. The van der Waals surface area contributed by atoms with Crippen LogP contribution in [-0.4, -0.2) is 10.5 Å². The average molecular weight is 411 g/mol. The van der Waals surface area contributed by atoms with E-state index in [4.69, 9.17) is 5.73 Å². The zero-order chi connectivity index (χ0) is 20.8. The first-order valence-electron chi connectivity index (χ1n) is 9.98. The van der Waals surface area contributed by atoms with Gasteiger partial charge in [0, 0.05) is 27.8 Å². The lowest BCUT2D eigenvalue weighted by molar-refractivity contribution is 0.100. The molecule has 3 aromatic carbocycles. The third kappa shape index (κ3) is 3.01. The van der Waals surface area contributed by atoms with Gasteiger partial charge in [0.2, 0.25) is 5.91 Å². The summed E-state index contributed by atoms with van der Waals surface area (Å²) >= 11 is 1.73. The highest BCUT2D eigenvalue weighted by molar-refractivity contribution is 7.13. The lowest BCUT2D eigenvalue weighted by Gasteiger charge is -2.10. The van der Waals surface area contributed by atoms with Crippen LogP contribution < -0.4 is 5.73 Å². The van der Waals surface area contributed by atoms with E-state index >= 15 is 0 Å². The second-order valence-electron chi connectivity index (χ2n) is 7.78. The predicted molar refractivity (Wildman–Crippen MR) is 126 cm³/mol. The Morgan fingerprint density at radius 1 is 0.933 bits per heavy atom. The number of nitrogens with two attached hydrogens (primary N) is 1. The summed E-state index contributed by atoms with van der Waals surface area (Å²) in [7, 11) is 0. The normalized spacial score (nSPS) is 11.4. The number of amides is 1. The number of hydrogen-bond acceptors (Lipinski definition) is 2. The summed E-state index contributed by atoms with van der Waals surface area (Å²) < 4.78 is 2.30. The highest BCUT2D eigenvalue weighted by atomic mass is 32.1. The molecule has 0 spiro atoms. The third-order valence-electron chi connectivity index (χ3n) is 5.87. The van der Waals surface area contributed by atoms with Gasteiger partial charge in [-0.25, -0.2) is 0 Å². The third-order valence-corrected chi connectivity index (χ3v) is 6.79. The number of rotatable bonds is 4. The molecule has 0 saturated carbocycles. The van der Waals surface area contributed by atoms with E-state index in [1.165, 1.54) is 27.1 Å². The van der Waals surface area contributed by atoms with Crippen LogP contribution in [0.2, 0.25) is 0 Å². The topological polar surface area (TPSA) is 48.0 Å². The summed E-state index contributed by atoms with van der Waals surface area (Å²) in [4.78, 5) is 13.4. The molecular formula is C26H22N2OS. The maximum atomic E-state index is 12.2. The van der Waals surface area contributed by atoms with E-state index in [2.05, 4.69) is 78.4 Å². The van der Waals surface area contributed by atoms with Crippen LogP contribution in [0.1, 0.15) is 27.0 Å². The summed E-state index contributed by atoms with van der Waals surface area (Å²) in [6.45, 7) is 5.01. The molecule has 0 fully saturated rings. The summed E-state index contributed by atoms with van der Waals surface area (Å²) in [5.74, 6) is -0.395. The second kappa shape index (κ2) is 7.15. The van der Waals surface area contributed by atoms with Gasteiger partial charge in [0.05, 0.1) is 11.0 Å². The Kier molecular flexibility index (Phi) is 4.44. The summed E-state index contributed by atoms with van der Waals surface area (Å²) in [6, 6.07) is 23.1. The molecular weight excluding hydrogens is 388 g/mol. The molecule has 5 aromatic rings. The Morgan fingerprint density at radius 3 is 2.53 bits per heavy atom. The van der Waals surface area contributed by atoms with Gasteiger partial charge >= 0.3 is 0 Å². The molecule has 148 valence electrons. The van der Waals surface area contributed by atoms with E-state index in [1.54, 1.807) is 11.3 Å². The van der Waals surface area contributed by atoms with Crippen LogP contribution in [0.3, 0.4) is 0 Å². The van der Waals surface area contributed by atoms with Gasteiger partial charge in [-0.05, 0) is 65.7 Å². The van der Waals surface area contributed by atoms with Crippen molar-refractivity contribution in [2.75, 3.05) is 0 Å². The molecule has 0 unspecified atom stereocenters. The highest BCUT2D eigenvalue weighted by Gasteiger charge is 2.17. The number of hydrogen-bond donors (Lipinski definition) is 1. The minimum absolute atomic E-state index is 0.395. The molecule has 0 atom stereocenters. The molecule has 5 rings (SSSR count). The molecule has 0 aliphatic carbocycles. The summed E-state index contributed by atoms with van der Waals surface area (Å²) in [6.07, 6.45) is 0. The van der Waals surface area contributed by atoms with Crippen molar-refractivity contribution in [1.29, 1.82) is 0 Å². The Bertz CT molecular complexity index is 1410. The zero-order valence-electron chi connectivity index (χ0n) is 17.0. The molecule has 0 bridgehead atoms. The number of primary amides is 1. The molecule has 2 aromatic heterocycles. The lowest BCUT2D eigenvalue weighted by Crippen LogP contribution is -2.11. The van der Waals surface area contributed by atoms with Crippen molar-refractivity contribution in [3.63, 3.8) is 0 Å². The van der Waals surface area contributed by atoms with Crippen LogP contribution in [0, 0.1) is 13.8 Å². The molecule has 3 nitrogen and oxygen atoms in total. The Labute approximate surface area is 179 Å². The standard InChI is InChI=1S/C26H22N2OS/c1-16-8-9-18(13-17(16)2)15-28-22-6-3-5-21(26(27)29)25(22)20-11-10-19(14-23(20)28)24-7-4-12-30-24/h3-14H,15H2,1-2H3,(H2,27,29). The molecule has 0 radical (unpaired) electrons. The number of nitrogens with zero attached hydrogens (tertiary/aromatic N) is 1.